The maximum Gasteiger partial charge on any atom is 0.313 e. The Kier molecular flexibility index (Phi) is 4.11. The van der Waals surface area contributed by atoms with Crippen LogP contribution in [0.2, 0.25) is 0 Å². The third kappa shape index (κ3) is 3.87. The third-order valence-electron chi connectivity index (χ3n) is 1.65. The molecule has 0 saturated heterocycles. The van der Waals surface area contributed by atoms with E-state index in [1.165, 1.54) is 0 Å². The van der Waals surface area contributed by atoms with Gasteiger partial charge in [0.1, 0.15) is 18.2 Å². The van der Waals surface area contributed by atoms with Crippen LogP contribution in [0, 0.1) is 23.0 Å². The van der Waals surface area contributed by atoms with Crippen LogP contribution in [0.25, 0.3) is 0 Å². The van der Waals surface area contributed by atoms with Crippen LogP contribution in [0.4, 0.5) is 14.5 Å². The first kappa shape index (κ1) is 12.6. The molecule has 0 aliphatic rings. The van der Waals surface area contributed by atoms with Crippen molar-refractivity contribution in [3.63, 3.8) is 0 Å². The Bertz CT molecular complexity index is 477. The number of halogens is 2. The fourth-order valence-corrected chi connectivity index (χ4v) is 1.01. The maximum absolute atomic E-state index is 12.7. The molecule has 0 aliphatic carbocycles. The van der Waals surface area contributed by atoms with E-state index in [9.17, 15) is 18.4 Å². The molecular weight excluding hydrogens is 232 g/mol. The molecular formula is C10H7F2N3O2. The van der Waals surface area contributed by atoms with E-state index in [1.54, 1.807) is 6.07 Å². The maximum atomic E-state index is 12.7. The number of hydrogen-bond donors (Lipinski definition) is 2. The van der Waals surface area contributed by atoms with Gasteiger partial charge in [-0.05, 0) is 12.1 Å². The lowest BCUT2D eigenvalue weighted by Gasteiger charge is -2.04. The second-order valence-corrected chi connectivity index (χ2v) is 2.95. The van der Waals surface area contributed by atoms with Gasteiger partial charge in [0, 0.05) is 11.8 Å². The minimum Gasteiger partial charge on any atom is -0.335 e. The van der Waals surface area contributed by atoms with Gasteiger partial charge in [0.2, 0.25) is 0 Å². The number of rotatable bonds is 2. The van der Waals surface area contributed by atoms with Gasteiger partial charge in [-0.25, -0.2) is 8.78 Å². The first-order valence-electron chi connectivity index (χ1n) is 4.45. The molecule has 1 rings (SSSR count). The van der Waals surface area contributed by atoms with Crippen molar-refractivity contribution in [1.29, 1.82) is 5.26 Å². The molecule has 2 amide bonds. The molecule has 17 heavy (non-hydrogen) atoms. The van der Waals surface area contributed by atoms with Gasteiger partial charge in [-0.15, -0.1) is 0 Å². The molecule has 7 heteroatoms. The Labute approximate surface area is 95.0 Å². The molecule has 0 fully saturated rings. The number of benzene rings is 1. The predicted molar refractivity (Wildman–Crippen MR) is 53.6 cm³/mol. The number of anilines is 1. The summed E-state index contributed by atoms with van der Waals surface area (Å²) in [5.41, 5.74) is -0.181. The third-order valence-corrected chi connectivity index (χ3v) is 1.65. The van der Waals surface area contributed by atoms with Crippen molar-refractivity contribution in [1.82, 2.24) is 5.32 Å². The Hall–Kier alpha value is -2.49. The second-order valence-electron chi connectivity index (χ2n) is 2.95. The summed E-state index contributed by atoms with van der Waals surface area (Å²) in [6.45, 7) is -0.330. The Morgan fingerprint density at radius 2 is 1.76 bits per heavy atom. The van der Waals surface area contributed by atoms with Crippen molar-refractivity contribution in [3.05, 3.63) is 29.8 Å². The van der Waals surface area contributed by atoms with E-state index in [0.29, 0.717) is 6.07 Å². The van der Waals surface area contributed by atoms with Crippen LogP contribution in [0.3, 0.4) is 0 Å². The summed E-state index contributed by atoms with van der Waals surface area (Å²) in [6, 6.07) is 3.95. The molecule has 5 nitrogen and oxygen atoms in total. The number of carbonyl (C=O) groups excluding carboxylic acids is 2. The molecule has 1 aromatic carbocycles. The molecule has 0 radical (unpaired) electrons. The highest BCUT2D eigenvalue weighted by molar-refractivity contribution is 6.39. The van der Waals surface area contributed by atoms with Crippen molar-refractivity contribution in [2.45, 2.75) is 0 Å². The van der Waals surface area contributed by atoms with Gasteiger partial charge in [-0.2, -0.15) is 5.26 Å². The van der Waals surface area contributed by atoms with Crippen LogP contribution in [0.15, 0.2) is 18.2 Å². The lowest BCUT2D eigenvalue weighted by atomic mass is 10.3. The highest BCUT2D eigenvalue weighted by atomic mass is 19.1. The van der Waals surface area contributed by atoms with Gasteiger partial charge in [0.15, 0.2) is 0 Å². The van der Waals surface area contributed by atoms with Crippen LogP contribution < -0.4 is 10.6 Å². The van der Waals surface area contributed by atoms with Crippen molar-refractivity contribution >= 4 is 17.5 Å². The van der Waals surface area contributed by atoms with Gasteiger partial charge < -0.3 is 10.6 Å². The monoisotopic (exact) mass is 239 g/mol. The van der Waals surface area contributed by atoms with Gasteiger partial charge in [0.25, 0.3) is 0 Å². The average molecular weight is 239 g/mol. The zero-order chi connectivity index (χ0) is 12.8. The highest BCUT2D eigenvalue weighted by Crippen LogP contribution is 2.12. The molecule has 1 aromatic rings. The number of amides is 2. The molecule has 0 bridgehead atoms. The molecule has 88 valence electrons. The van der Waals surface area contributed by atoms with E-state index < -0.39 is 23.4 Å². The summed E-state index contributed by atoms with van der Waals surface area (Å²) in [5, 5.41) is 12.1. The first-order chi connectivity index (χ1) is 8.02. The largest absolute Gasteiger partial charge is 0.335 e. The summed E-state index contributed by atoms with van der Waals surface area (Å²) in [5.74, 6) is -3.92. The van der Waals surface area contributed by atoms with Gasteiger partial charge in [-0.1, -0.05) is 0 Å². The van der Waals surface area contributed by atoms with Crippen LogP contribution >= 0.6 is 0 Å². The number of carbonyl (C=O) groups is 2. The highest BCUT2D eigenvalue weighted by Gasteiger charge is 2.13. The van der Waals surface area contributed by atoms with Crippen LogP contribution in [-0.4, -0.2) is 18.4 Å². The zero-order valence-corrected chi connectivity index (χ0v) is 8.46. The SMILES string of the molecule is N#CCNC(=O)C(=O)Nc1cc(F)cc(F)c1. The van der Waals surface area contributed by atoms with Crippen LogP contribution in [0.1, 0.15) is 0 Å². The minimum atomic E-state index is -1.11. The number of nitrogens with one attached hydrogen (secondary N) is 2. The van der Waals surface area contributed by atoms with E-state index in [1.807, 2.05) is 10.6 Å². The standard InChI is InChI=1S/C10H7F2N3O2/c11-6-3-7(12)5-8(4-6)15-10(17)9(16)14-2-1-13/h3-5H,2H2,(H,14,16)(H,15,17). The van der Waals surface area contributed by atoms with Gasteiger partial charge in [-0.3, -0.25) is 9.59 Å². The lowest BCUT2D eigenvalue weighted by molar-refractivity contribution is -0.136. The first-order valence-corrected chi connectivity index (χ1v) is 4.45. The molecule has 0 saturated carbocycles. The van der Waals surface area contributed by atoms with Crippen molar-refractivity contribution < 1.29 is 18.4 Å². The fraction of sp³-hybridized carbons (Fsp3) is 0.100. The zero-order valence-electron chi connectivity index (χ0n) is 8.46. The summed E-state index contributed by atoms with van der Waals surface area (Å²) < 4.78 is 25.5. The lowest BCUT2D eigenvalue weighted by Crippen LogP contribution is -2.35. The van der Waals surface area contributed by atoms with Crippen molar-refractivity contribution in [2.24, 2.45) is 0 Å². The molecule has 0 atom stereocenters. The number of nitrogens with zero attached hydrogens (tertiary/aromatic N) is 1. The predicted octanol–water partition coefficient (Wildman–Crippen LogP) is 0.543. The van der Waals surface area contributed by atoms with Crippen LogP contribution in [-0.2, 0) is 9.59 Å². The minimum absolute atomic E-state index is 0.181. The van der Waals surface area contributed by atoms with E-state index in [-0.39, 0.29) is 12.2 Å². The van der Waals surface area contributed by atoms with Crippen molar-refractivity contribution in [3.8, 4) is 6.07 Å². The number of hydrogen-bond acceptors (Lipinski definition) is 3. The summed E-state index contributed by atoms with van der Waals surface area (Å²) in [7, 11) is 0. The summed E-state index contributed by atoms with van der Waals surface area (Å²) >= 11 is 0. The molecule has 0 spiro atoms. The molecule has 0 heterocycles. The van der Waals surface area contributed by atoms with Crippen LogP contribution in [0.5, 0.6) is 0 Å². The topological polar surface area (TPSA) is 82.0 Å². The Morgan fingerprint density at radius 1 is 1.18 bits per heavy atom. The molecule has 0 aliphatic heterocycles. The molecule has 2 N–H and O–H groups in total. The van der Waals surface area contributed by atoms with E-state index >= 15 is 0 Å². The summed E-state index contributed by atoms with van der Waals surface area (Å²) in [4.78, 5) is 22.2. The smallest absolute Gasteiger partial charge is 0.313 e. The molecule has 0 aromatic heterocycles. The second kappa shape index (κ2) is 5.55. The molecule has 0 unspecified atom stereocenters. The normalized spacial score (nSPS) is 9.24. The average Bonchev–Trinajstić information content (AvgIpc) is 2.24. The van der Waals surface area contributed by atoms with Gasteiger partial charge in [0.05, 0.1) is 6.07 Å². The van der Waals surface area contributed by atoms with Crippen molar-refractivity contribution in [2.75, 3.05) is 11.9 Å². The van der Waals surface area contributed by atoms with Gasteiger partial charge >= 0.3 is 11.8 Å². The number of nitriles is 1. The summed E-state index contributed by atoms with van der Waals surface area (Å²) in [6.07, 6.45) is 0. The van der Waals surface area contributed by atoms with E-state index in [4.69, 9.17) is 5.26 Å². The van der Waals surface area contributed by atoms with E-state index in [2.05, 4.69) is 0 Å². The quantitative estimate of drug-likeness (QED) is 0.583. The Balaban J connectivity index is 2.68. The van der Waals surface area contributed by atoms with E-state index in [0.717, 1.165) is 12.1 Å². The Morgan fingerprint density at radius 3 is 2.29 bits per heavy atom. The fourth-order valence-electron chi connectivity index (χ4n) is 1.01.